The zero-order valence-electron chi connectivity index (χ0n) is 41.9. The number of hydrogen-bond acceptors (Lipinski definition) is 10. The standard InChI is InChI=1S/C55H99NO10/c1-3-5-7-9-11-13-15-18-21-25-29-33-37-41-48(58)47(46-65-55-54(63)53(62)52(61)49(45-57)66-55)56-50(59)42-38-34-30-26-22-19-17-20-24-28-32-36-40-44-64-51(60)43-39-35-31-27-23-16-14-12-10-8-6-4-2/h12,14,19,22,30,34,37,41,47-49,52-55,57-58,61-63H,3-11,13,15-18,20-21,23-29,31-33,35-36,38-40,42-46H2,1-2H3,(H,56,59)/b14-12-,22-19-,34-30-,41-37+. The smallest absolute Gasteiger partial charge is 0.305 e. The van der Waals surface area contributed by atoms with E-state index in [2.05, 4.69) is 43.5 Å². The molecule has 1 amide bonds. The van der Waals surface area contributed by atoms with Crippen molar-refractivity contribution in [2.75, 3.05) is 19.8 Å². The second-order valence-corrected chi connectivity index (χ2v) is 18.6. The summed E-state index contributed by atoms with van der Waals surface area (Å²) in [6, 6.07) is -0.854. The molecule has 0 bridgehead atoms. The molecule has 0 radical (unpaired) electrons. The highest BCUT2D eigenvalue weighted by Crippen LogP contribution is 2.23. The van der Waals surface area contributed by atoms with Gasteiger partial charge in [0.2, 0.25) is 5.91 Å². The second-order valence-electron chi connectivity index (χ2n) is 18.6. The Balaban J connectivity index is 2.24. The van der Waals surface area contributed by atoms with Gasteiger partial charge in [-0.2, -0.15) is 0 Å². The molecule has 1 saturated heterocycles. The van der Waals surface area contributed by atoms with Crippen LogP contribution < -0.4 is 5.32 Å². The molecule has 66 heavy (non-hydrogen) atoms. The molecular formula is C55H99NO10. The molecule has 1 fully saturated rings. The van der Waals surface area contributed by atoms with Crippen LogP contribution in [0.4, 0.5) is 0 Å². The molecule has 11 heteroatoms. The number of nitrogens with one attached hydrogen (secondary N) is 1. The quantitative estimate of drug-likeness (QED) is 0.0196. The van der Waals surface area contributed by atoms with Crippen LogP contribution in [0.3, 0.4) is 0 Å². The van der Waals surface area contributed by atoms with E-state index < -0.39 is 49.5 Å². The molecule has 0 aromatic rings. The van der Waals surface area contributed by atoms with Gasteiger partial charge in [0, 0.05) is 12.8 Å². The van der Waals surface area contributed by atoms with Crippen LogP contribution in [-0.4, -0.2) is 100 Å². The third-order valence-corrected chi connectivity index (χ3v) is 12.4. The van der Waals surface area contributed by atoms with Gasteiger partial charge in [-0.1, -0.05) is 184 Å². The summed E-state index contributed by atoms with van der Waals surface area (Å²) in [5, 5.41) is 54.2. The lowest BCUT2D eigenvalue weighted by molar-refractivity contribution is -0.302. The van der Waals surface area contributed by atoms with E-state index in [1.807, 2.05) is 18.2 Å². The van der Waals surface area contributed by atoms with Crippen LogP contribution in [0, 0.1) is 0 Å². The molecule has 384 valence electrons. The lowest BCUT2D eigenvalue weighted by atomic mass is 9.99. The molecule has 0 aromatic carbocycles. The third-order valence-electron chi connectivity index (χ3n) is 12.4. The van der Waals surface area contributed by atoms with Crippen LogP contribution in [0.25, 0.3) is 0 Å². The number of ether oxygens (including phenoxy) is 3. The predicted molar refractivity (Wildman–Crippen MR) is 269 cm³/mol. The molecule has 0 aromatic heterocycles. The summed E-state index contributed by atoms with van der Waals surface area (Å²) >= 11 is 0. The number of unbranched alkanes of at least 4 members (excludes halogenated alkanes) is 25. The minimum Gasteiger partial charge on any atom is -0.466 e. The highest BCUT2D eigenvalue weighted by Gasteiger charge is 2.44. The van der Waals surface area contributed by atoms with E-state index in [4.69, 9.17) is 14.2 Å². The number of carbonyl (C=O) groups is 2. The summed E-state index contributed by atoms with van der Waals surface area (Å²) in [6.45, 7) is 4.21. The summed E-state index contributed by atoms with van der Waals surface area (Å²) in [4.78, 5) is 25.0. The molecule has 0 aliphatic carbocycles. The summed E-state index contributed by atoms with van der Waals surface area (Å²) in [7, 11) is 0. The van der Waals surface area contributed by atoms with Crippen molar-refractivity contribution >= 4 is 11.9 Å². The highest BCUT2D eigenvalue weighted by molar-refractivity contribution is 5.76. The Hall–Kier alpha value is -2.38. The average molecular weight is 934 g/mol. The van der Waals surface area contributed by atoms with Gasteiger partial charge >= 0.3 is 5.97 Å². The number of rotatable bonds is 45. The monoisotopic (exact) mass is 934 g/mol. The van der Waals surface area contributed by atoms with Crippen LogP contribution in [0.1, 0.15) is 226 Å². The van der Waals surface area contributed by atoms with Crippen molar-refractivity contribution in [1.82, 2.24) is 5.32 Å². The lowest BCUT2D eigenvalue weighted by Gasteiger charge is -2.40. The molecule has 1 aliphatic rings. The maximum atomic E-state index is 13.0. The molecular weight excluding hydrogens is 835 g/mol. The van der Waals surface area contributed by atoms with Gasteiger partial charge in [-0.15, -0.1) is 0 Å². The van der Waals surface area contributed by atoms with Crippen molar-refractivity contribution in [1.29, 1.82) is 0 Å². The van der Waals surface area contributed by atoms with Crippen molar-refractivity contribution < 1.29 is 49.3 Å². The van der Waals surface area contributed by atoms with E-state index in [1.54, 1.807) is 6.08 Å². The Kier molecular flexibility index (Phi) is 42.1. The normalized spacial score (nSPS) is 20.0. The van der Waals surface area contributed by atoms with Crippen LogP contribution >= 0.6 is 0 Å². The van der Waals surface area contributed by atoms with Crippen LogP contribution in [0.2, 0.25) is 0 Å². The zero-order chi connectivity index (χ0) is 48.1. The molecule has 0 spiro atoms. The first-order valence-electron chi connectivity index (χ1n) is 26.9. The molecule has 1 aliphatic heterocycles. The number of amides is 1. The summed E-state index contributed by atoms with van der Waals surface area (Å²) in [5.41, 5.74) is 0. The van der Waals surface area contributed by atoms with Crippen LogP contribution in [-0.2, 0) is 23.8 Å². The number of esters is 1. The first-order chi connectivity index (χ1) is 32.2. The van der Waals surface area contributed by atoms with Gasteiger partial charge in [0.05, 0.1) is 32.0 Å². The van der Waals surface area contributed by atoms with E-state index in [9.17, 15) is 35.1 Å². The van der Waals surface area contributed by atoms with Crippen LogP contribution in [0.15, 0.2) is 48.6 Å². The van der Waals surface area contributed by atoms with Gasteiger partial charge < -0.3 is 45.1 Å². The minimum atomic E-state index is -1.59. The van der Waals surface area contributed by atoms with Gasteiger partial charge in [0.25, 0.3) is 0 Å². The van der Waals surface area contributed by atoms with E-state index >= 15 is 0 Å². The minimum absolute atomic E-state index is 0.0502. The number of aliphatic hydroxyl groups excluding tert-OH is 5. The third kappa shape index (κ3) is 34.8. The molecule has 7 unspecified atom stereocenters. The van der Waals surface area contributed by atoms with Crippen molar-refractivity contribution in [3.8, 4) is 0 Å². The fraction of sp³-hybridized carbons (Fsp3) is 0.818. The molecule has 1 rings (SSSR count). The molecule has 11 nitrogen and oxygen atoms in total. The Labute approximate surface area is 402 Å². The fourth-order valence-corrected chi connectivity index (χ4v) is 8.06. The number of allylic oxidation sites excluding steroid dienone is 7. The van der Waals surface area contributed by atoms with E-state index in [0.717, 1.165) is 70.6 Å². The highest BCUT2D eigenvalue weighted by atomic mass is 16.7. The van der Waals surface area contributed by atoms with Gasteiger partial charge in [-0.25, -0.2) is 0 Å². The molecule has 7 atom stereocenters. The first-order valence-corrected chi connectivity index (χ1v) is 26.9. The molecule has 1 heterocycles. The SMILES string of the molecule is CCCCC/C=C\CCCCCCCC(=O)OCCCCCCCC/C=C\C/C=C\CCC(=O)NC(COC1OC(CO)C(O)C(O)C1O)C(O)/C=C/CCCCCCCCCCCCC. The van der Waals surface area contributed by atoms with Gasteiger partial charge in [0.1, 0.15) is 24.4 Å². The second kappa shape index (κ2) is 45.1. The number of hydrogen-bond donors (Lipinski definition) is 6. The van der Waals surface area contributed by atoms with Crippen molar-refractivity contribution in [3.05, 3.63) is 48.6 Å². The summed E-state index contributed by atoms with van der Waals surface area (Å²) < 4.78 is 16.6. The van der Waals surface area contributed by atoms with Gasteiger partial charge in [0.15, 0.2) is 6.29 Å². The number of carbonyl (C=O) groups excluding carboxylic acids is 2. The summed E-state index contributed by atoms with van der Waals surface area (Å²) in [5.74, 6) is -0.314. The predicted octanol–water partition coefficient (Wildman–Crippen LogP) is 11.3. The first kappa shape index (κ1) is 61.6. The van der Waals surface area contributed by atoms with E-state index in [0.29, 0.717) is 19.4 Å². The average Bonchev–Trinajstić information content (AvgIpc) is 3.31. The summed E-state index contributed by atoms with van der Waals surface area (Å²) in [6.07, 6.45) is 44.8. The van der Waals surface area contributed by atoms with Crippen molar-refractivity contribution in [2.45, 2.75) is 269 Å². The van der Waals surface area contributed by atoms with Gasteiger partial charge in [-0.05, 0) is 77.0 Å². The Morgan fingerprint density at radius 2 is 1.03 bits per heavy atom. The van der Waals surface area contributed by atoms with Crippen molar-refractivity contribution in [3.63, 3.8) is 0 Å². The van der Waals surface area contributed by atoms with E-state index in [1.165, 1.54) is 122 Å². The van der Waals surface area contributed by atoms with Gasteiger partial charge in [-0.3, -0.25) is 9.59 Å². The Morgan fingerprint density at radius 1 is 0.561 bits per heavy atom. The zero-order valence-corrected chi connectivity index (χ0v) is 41.9. The largest absolute Gasteiger partial charge is 0.466 e. The molecule has 0 saturated carbocycles. The van der Waals surface area contributed by atoms with E-state index in [-0.39, 0.29) is 24.9 Å². The molecule has 6 N–H and O–H groups in total. The maximum Gasteiger partial charge on any atom is 0.305 e. The topological polar surface area (TPSA) is 175 Å². The maximum absolute atomic E-state index is 13.0. The fourth-order valence-electron chi connectivity index (χ4n) is 8.06. The number of aliphatic hydroxyl groups is 5. The Bertz CT molecular complexity index is 1240. The lowest BCUT2D eigenvalue weighted by Crippen LogP contribution is -2.60. The van der Waals surface area contributed by atoms with Crippen molar-refractivity contribution in [2.24, 2.45) is 0 Å². The van der Waals surface area contributed by atoms with Crippen LogP contribution in [0.5, 0.6) is 0 Å². The Morgan fingerprint density at radius 3 is 1.61 bits per heavy atom.